The van der Waals surface area contributed by atoms with E-state index in [9.17, 15) is 0 Å². The zero-order valence-electron chi connectivity index (χ0n) is 7.01. The minimum atomic E-state index is 1.02. The molecule has 2 fully saturated rings. The molecule has 2 aliphatic rings. The van der Waals surface area contributed by atoms with Crippen LogP contribution < -0.4 is 0 Å². The maximum absolute atomic E-state index is 2.49. The van der Waals surface area contributed by atoms with E-state index in [-0.39, 0.29) is 0 Å². The van der Waals surface area contributed by atoms with Crippen LogP contribution in [0.4, 0.5) is 0 Å². The van der Waals surface area contributed by atoms with Gasteiger partial charge in [0.15, 0.2) is 0 Å². The topological polar surface area (TPSA) is 3.24 Å². The highest BCUT2D eigenvalue weighted by Crippen LogP contribution is 2.40. The first-order valence-corrected chi connectivity index (χ1v) is 4.44. The molecule has 1 nitrogen and oxygen atoms in total. The molecule has 1 heteroatoms. The Morgan fingerprint density at radius 1 is 1.10 bits per heavy atom. The molecule has 1 aliphatic heterocycles. The highest BCUT2D eigenvalue weighted by Gasteiger charge is 2.37. The quantitative estimate of drug-likeness (QED) is 0.492. The lowest BCUT2D eigenvalue weighted by Gasteiger charge is -2.09. The lowest BCUT2D eigenvalue weighted by Crippen LogP contribution is -2.15. The predicted molar refractivity (Wildman–Crippen MR) is 42.9 cm³/mol. The summed E-state index contributed by atoms with van der Waals surface area (Å²) in [6.45, 7) is 5.14. The van der Waals surface area contributed by atoms with Crippen LogP contribution in [0.5, 0.6) is 0 Å². The van der Waals surface area contributed by atoms with Gasteiger partial charge in [-0.1, -0.05) is 6.92 Å². The standard InChI is InChI=1S/C9H17N/c1-7-3-8-5-10(2)6-9(8)4-7/h7-9H,3-6H2,1-2H3/t7-,8-,9?/m0/s1. The van der Waals surface area contributed by atoms with Gasteiger partial charge < -0.3 is 4.90 Å². The minimum Gasteiger partial charge on any atom is -0.306 e. The maximum atomic E-state index is 2.49. The normalized spacial score (nSPS) is 48.0. The van der Waals surface area contributed by atoms with Crippen LogP contribution in [-0.4, -0.2) is 25.0 Å². The van der Waals surface area contributed by atoms with Gasteiger partial charge in [0, 0.05) is 13.1 Å². The number of hydrogen-bond donors (Lipinski definition) is 0. The monoisotopic (exact) mass is 139 g/mol. The molecular weight excluding hydrogens is 122 g/mol. The molecule has 0 amide bonds. The fourth-order valence-corrected chi connectivity index (χ4v) is 2.84. The number of rotatable bonds is 0. The molecule has 0 N–H and O–H groups in total. The average Bonchev–Trinajstić information content (AvgIpc) is 2.21. The zero-order valence-corrected chi connectivity index (χ0v) is 7.01. The number of likely N-dealkylation sites (tertiary alicyclic amines) is 1. The second-order valence-electron chi connectivity index (χ2n) is 4.32. The molecule has 1 aliphatic carbocycles. The Morgan fingerprint density at radius 3 is 2.10 bits per heavy atom. The number of nitrogens with zero attached hydrogens (tertiary/aromatic N) is 1. The summed E-state index contributed by atoms with van der Waals surface area (Å²) in [5, 5.41) is 0. The summed E-state index contributed by atoms with van der Waals surface area (Å²) in [6.07, 6.45) is 2.99. The van der Waals surface area contributed by atoms with Gasteiger partial charge >= 0.3 is 0 Å². The van der Waals surface area contributed by atoms with Gasteiger partial charge in [-0.15, -0.1) is 0 Å². The van der Waals surface area contributed by atoms with E-state index in [1.165, 1.54) is 25.9 Å². The van der Waals surface area contributed by atoms with Crippen molar-refractivity contribution in [1.29, 1.82) is 0 Å². The molecule has 0 bridgehead atoms. The van der Waals surface area contributed by atoms with Gasteiger partial charge in [-0.05, 0) is 37.6 Å². The fourth-order valence-electron chi connectivity index (χ4n) is 2.84. The summed E-state index contributed by atoms with van der Waals surface area (Å²) in [5.41, 5.74) is 0. The lowest BCUT2D eigenvalue weighted by molar-refractivity contribution is 0.360. The Balaban J connectivity index is 2.00. The Bertz CT molecular complexity index is 105. The van der Waals surface area contributed by atoms with Crippen molar-refractivity contribution in [3.8, 4) is 0 Å². The molecule has 2 rings (SSSR count). The summed E-state index contributed by atoms with van der Waals surface area (Å²) >= 11 is 0. The van der Waals surface area contributed by atoms with Gasteiger partial charge in [0.05, 0.1) is 0 Å². The van der Waals surface area contributed by atoms with Gasteiger partial charge in [-0.25, -0.2) is 0 Å². The van der Waals surface area contributed by atoms with Crippen LogP contribution in [-0.2, 0) is 0 Å². The molecule has 3 atom stereocenters. The summed E-state index contributed by atoms with van der Waals surface area (Å²) in [7, 11) is 2.25. The van der Waals surface area contributed by atoms with Crippen LogP contribution in [0, 0.1) is 17.8 Å². The van der Waals surface area contributed by atoms with E-state index in [1.54, 1.807) is 0 Å². The summed E-state index contributed by atoms with van der Waals surface area (Å²) in [6, 6.07) is 0. The van der Waals surface area contributed by atoms with Crippen molar-refractivity contribution >= 4 is 0 Å². The number of fused-ring (bicyclic) bond motifs is 1. The molecule has 0 radical (unpaired) electrons. The smallest absolute Gasteiger partial charge is 0.000995 e. The maximum Gasteiger partial charge on any atom is 0.000995 e. The third-order valence-electron chi connectivity index (χ3n) is 3.17. The summed E-state index contributed by atoms with van der Waals surface area (Å²) in [5.74, 6) is 3.13. The van der Waals surface area contributed by atoms with Crippen molar-refractivity contribution in [2.75, 3.05) is 20.1 Å². The Kier molecular flexibility index (Phi) is 1.48. The predicted octanol–water partition coefficient (Wildman–Crippen LogP) is 1.59. The van der Waals surface area contributed by atoms with Crippen LogP contribution in [0.2, 0.25) is 0 Å². The molecule has 10 heavy (non-hydrogen) atoms. The third kappa shape index (κ3) is 0.968. The number of hydrogen-bond acceptors (Lipinski definition) is 1. The van der Waals surface area contributed by atoms with Gasteiger partial charge in [0.1, 0.15) is 0 Å². The highest BCUT2D eigenvalue weighted by molar-refractivity contribution is 4.89. The molecule has 1 unspecified atom stereocenters. The first-order valence-electron chi connectivity index (χ1n) is 4.44. The highest BCUT2D eigenvalue weighted by atomic mass is 15.1. The van der Waals surface area contributed by atoms with Crippen molar-refractivity contribution in [3.05, 3.63) is 0 Å². The molecule has 0 aromatic carbocycles. The Labute approximate surface area is 63.4 Å². The van der Waals surface area contributed by atoms with E-state index in [4.69, 9.17) is 0 Å². The molecule has 0 aromatic heterocycles. The van der Waals surface area contributed by atoms with E-state index in [0.717, 1.165) is 17.8 Å². The van der Waals surface area contributed by atoms with Gasteiger partial charge in [0.25, 0.3) is 0 Å². The first kappa shape index (κ1) is 6.66. The molecule has 1 saturated heterocycles. The zero-order chi connectivity index (χ0) is 7.14. The Morgan fingerprint density at radius 2 is 1.60 bits per heavy atom. The minimum absolute atomic E-state index is 1.02. The van der Waals surface area contributed by atoms with E-state index >= 15 is 0 Å². The van der Waals surface area contributed by atoms with Crippen LogP contribution in [0.3, 0.4) is 0 Å². The Hall–Kier alpha value is -0.0400. The SMILES string of the molecule is C[C@@H]1CC2CN(C)C[C@@H]2C1. The molecule has 58 valence electrons. The van der Waals surface area contributed by atoms with Crippen molar-refractivity contribution in [2.45, 2.75) is 19.8 Å². The second-order valence-corrected chi connectivity index (χ2v) is 4.32. The van der Waals surface area contributed by atoms with Crippen molar-refractivity contribution in [1.82, 2.24) is 4.90 Å². The summed E-state index contributed by atoms with van der Waals surface area (Å²) in [4.78, 5) is 2.49. The van der Waals surface area contributed by atoms with E-state index in [0.29, 0.717) is 0 Å². The third-order valence-corrected chi connectivity index (χ3v) is 3.17. The van der Waals surface area contributed by atoms with Gasteiger partial charge in [-0.3, -0.25) is 0 Å². The van der Waals surface area contributed by atoms with E-state index in [1.807, 2.05) is 0 Å². The molecule has 0 aromatic rings. The molecular formula is C9H17N. The van der Waals surface area contributed by atoms with Gasteiger partial charge in [-0.2, -0.15) is 0 Å². The van der Waals surface area contributed by atoms with Crippen LogP contribution in [0.25, 0.3) is 0 Å². The van der Waals surface area contributed by atoms with Crippen LogP contribution >= 0.6 is 0 Å². The lowest BCUT2D eigenvalue weighted by atomic mass is 10.0. The molecule has 0 spiro atoms. The van der Waals surface area contributed by atoms with Crippen LogP contribution in [0.1, 0.15) is 19.8 Å². The van der Waals surface area contributed by atoms with E-state index in [2.05, 4.69) is 18.9 Å². The van der Waals surface area contributed by atoms with Crippen molar-refractivity contribution in [3.63, 3.8) is 0 Å². The van der Waals surface area contributed by atoms with Crippen LogP contribution in [0.15, 0.2) is 0 Å². The van der Waals surface area contributed by atoms with Gasteiger partial charge in [0.2, 0.25) is 0 Å². The largest absolute Gasteiger partial charge is 0.306 e. The molecule has 1 saturated carbocycles. The van der Waals surface area contributed by atoms with E-state index < -0.39 is 0 Å². The summed E-state index contributed by atoms with van der Waals surface area (Å²) < 4.78 is 0. The fraction of sp³-hybridized carbons (Fsp3) is 1.00. The van der Waals surface area contributed by atoms with Crippen molar-refractivity contribution < 1.29 is 0 Å². The van der Waals surface area contributed by atoms with Crippen molar-refractivity contribution in [2.24, 2.45) is 17.8 Å². The second kappa shape index (κ2) is 2.23. The average molecular weight is 139 g/mol. The first-order chi connectivity index (χ1) is 4.75. The molecule has 1 heterocycles.